The molecule has 1 saturated heterocycles. The Bertz CT molecular complexity index is 818. The van der Waals surface area contributed by atoms with E-state index < -0.39 is 20.5 Å². The van der Waals surface area contributed by atoms with Crippen LogP contribution in [0, 0.1) is 0 Å². The highest BCUT2D eigenvalue weighted by molar-refractivity contribution is 8.00. The summed E-state index contributed by atoms with van der Waals surface area (Å²) in [5.41, 5.74) is 0.722. The molecule has 0 N–H and O–H groups in total. The zero-order valence-corrected chi connectivity index (χ0v) is 19.1. The third-order valence-electron chi connectivity index (χ3n) is 5.74. The van der Waals surface area contributed by atoms with Gasteiger partial charge in [0.1, 0.15) is 11.8 Å². The van der Waals surface area contributed by atoms with Crippen LogP contribution in [0.25, 0.3) is 0 Å². The maximum Gasteiger partial charge on any atom is 0.342 e. The van der Waals surface area contributed by atoms with E-state index >= 15 is 0 Å². The van der Waals surface area contributed by atoms with Crippen LogP contribution in [0.3, 0.4) is 0 Å². The average Bonchev–Trinajstić information content (AvgIpc) is 3.28. The maximum atomic E-state index is 13.3. The maximum absolute atomic E-state index is 13.3. The summed E-state index contributed by atoms with van der Waals surface area (Å²) in [4.78, 5) is 27.7. The Kier molecular flexibility index (Phi) is 6.87. The van der Waals surface area contributed by atoms with Gasteiger partial charge < -0.3 is 8.84 Å². The number of urea groups is 1. The minimum absolute atomic E-state index is 0.293. The van der Waals surface area contributed by atoms with Crippen LogP contribution >= 0.6 is 11.9 Å². The molecule has 29 heavy (non-hydrogen) atoms. The highest BCUT2D eigenvalue weighted by Crippen LogP contribution is 2.42. The number of carbonyl (C=O) groups excluding carboxylic acids is 2. The standard InChI is InChI=1S/C21H28N2O4SSi/c1-5-29(6-2,7-3)27-19-18(17-14-11-15-26-17)22(20(19)24)21(25)23(28-4)16-12-9-8-10-13-16/h8-15,18-19H,5-7H2,1-4H3/t18-,19+/m0/s1. The van der Waals surface area contributed by atoms with Crippen molar-refractivity contribution >= 4 is 37.9 Å². The lowest BCUT2D eigenvalue weighted by molar-refractivity contribution is -0.159. The lowest BCUT2D eigenvalue weighted by Gasteiger charge is -2.48. The van der Waals surface area contributed by atoms with Crippen LogP contribution in [0.5, 0.6) is 0 Å². The molecule has 3 amide bonds. The highest BCUT2D eigenvalue weighted by atomic mass is 32.2. The number of furan rings is 1. The molecule has 0 saturated carbocycles. The minimum Gasteiger partial charge on any atom is -0.467 e. The first-order chi connectivity index (χ1) is 14.0. The molecule has 0 aliphatic carbocycles. The summed E-state index contributed by atoms with van der Waals surface area (Å²) in [6.45, 7) is 6.37. The Morgan fingerprint density at radius 2 is 1.79 bits per heavy atom. The molecule has 1 aromatic carbocycles. The topological polar surface area (TPSA) is 63.0 Å². The van der Waals surface area contributed by atoms with Crippen molar-refractivity contribution in [3.05, 3.63) is 54.5 Å². The van der Waals surface area contributed by atoms with Crippen molar-refractivity contribution in [3.8, 4) is 0 Å². The fourth-order valence-corrected chi connectivity index (χ4v) is 7.10. The van der Waals surface area contributed by atoms with Crippen LogP contribution in [-0.2, 0) is 9.22 Å². The smallest absolute Gasteiger partial charge is 0.342 e. The van der Waals surface area contributed by atoms with Crippen LogP contribution in [0.4, 0.5) is 10.5 Å². The van der Waals surface area contributed by atoms with Gasteiger partial charge in [-0.15, -0.1) is 0 Å². The second kappa shape index (κ2) is 9.19. The van der Waals surface area contributed by atoms with Crippen molar-refractivity contribution < 1.29 is 18.4 Å². The molecule has 0 radical (unpaired) electrons. The number of anilines is 1. The Hall–Kier alpha value is -2.03. The quantitative estimate of drug-likeness (QED) is 0.315. The van der Waals surface area contributed by atoms with Crippen LogP contribution in [0.15, 0.2) is 53.1 Å². The molecule has 2 aromatic rings. The third-order valence-corrected chi connectivity index (χ3v) is 11.1. The predicted octanol–water partition coefficient (Wildman–Crippen LogP) is 5.46. The van der Waals surface area contributed by atoms with Gasteiger partial charge in [0, 0.05) is 6.26 Å². The van der Waals surface area contributed by atoms with Crippen molar-refractivity contribution in [2.75, 3.05) is 10.6 Å². The van der Waals surface area contributed by atoms with E-state index in [0.29, 0.717) is 5.76 Å². The SMILES string of the molecule is CC[Si](CC)(CC)O[C@H]1C(=O)N(C(=O)N(SC)c2ccccc2)[C@H]1c1ccco1. The first-order valence-corrected chi connectivity index (χ1v) is 13.7. The summed E-state index contributed by atoms with van der Waals surface area (Å²) < 4.78 is 13.6. The summed E-state index contributed by atoms with van der Waals surface area (Å²) in [6, 6.07) is 14.8. The van der Waals surface area contributed by atoms with Crippen LogP contribution < -0.4 is 4.31 Å². The number of β-lactam (4-membered cyclic amide) rings is 1. The molecule has 0 unspecified atom stereocenters. The molecule has 2 heterocycles. The molecule has 156 valence electrons. The molecule has 1 aliphatic heterocycles. The normalized spacial score (nSPS) is 19.2. The number of amides is 3. The average molecular weight is 433 g/mol. The Morgan fingerprint density at radius 3 is 2.31 bits per heavy atom. The number of para-hydroxylation sites is 1. The summed E-state index contributed by atoms with van der Waals surface area (Å²) in [6.07, 6.45) is 2.70. The molecule has 6 nitrogen and oxygen atoms in total. The van der Waals surface area contributed by atoms with Gasteiger partial charge in [-0.3, -0.25) is 4.79 Å². The number of nitrogens with zero attached hydrogens (tertiary/aromatic N) is 2. The summed E-state index contributed by atoms with van der Waals surface area (Å²) in [7, 11) is -2.03. The second-order valence-electron chi connectivity index (χ2n) is 7.05. The molecule has 0 spiro atoms. The minimum atomic E-state index is -2.03. The van der Waals surface area contributed by atoms with Crippen molar-refractivity contribution in [3.63, 3.8) is 0 Å². The van der Waals surface area contributed by atoms with E-state index in [2.05, 4.69) is 20.8 Å². The van der Waals surface area contributed by atoms with Gasteiger partial charge in [0.05, 0.1) is 12.0 Å². The van der Waals surface area contributed by atoms with Gasteiger partial charge in [0.15, 0.2) is 14.4 Å². The van der Waals surface area contributed by atoms with Gasteiger partial charge in [-0.25, -0.2) is 14.0 Å². The van der Waals surface area contributed by atoms with E-state index in [1.807, 2.05) is 36.6 Å². The van der Waals surface area contributed by atoms with Gasteiger partial charge in [-0.1, -0.05) is 39.0 Å². The molecule has 0 bridgehead atoms. The zero-order valence-electron chi connectivity index (χ0n) is 17.3. The lowest BCUT2D eigenvalue weighted by Crippen LogP contribution is -2.66. The number of rotatable bonds is 8. The number of likely N-dealkylation sites (tertiary alicyclic amines) is 1. The molecular formula is C21H28N2O4SSi. The monoisotopic (exact) mass is 432 g/mol. The second-order valence-corrected chi connectivity index (χ2v) is 12.5. The largest absolute Gasteiger partial charge is 0.467 e. The van der Waals surface area contributed by atoms with Gasteiger partial charge in [0.25, 0.3) is 5.91 Å². The fraction of sp³-hybridized carbons (Fsp3) is 0.429. The van der Waals surface area contributed by atoms with Gasteiger partial charge in [-0.05, 0) is 54.3 Å². The van der Waals surface area contributed by atoms with Gasteiger partial charge in [0.2, 0.25) is 0 Å². The highest BCUT2D eigenvalue weighted by Gasteiger charge is 2.57. The van der Waals surface area contributed by atoms with E-state index in [1.165, 1.54) is 21.2 Å². The first kappa shape index (κ1) is 21.7. The van der Waals surface area contributed by atoms with Gasteiger partial charge in [-0.2, -0.15) is 0 Å². The van der Waals surface area contributed by atoms with Crippen LogP contribution in [0.2, 0.25) is 18.1 Å². The molecule has 1 fully saturated rings. The van der Waals surface area contributed by atoms with E-state index in [-0.39, 0.29) is 11.9 Å². The molecule has 2 atom stereocenters. The molecular weight excluding hydrogens is 404 g/mol. The summed E-state index contributed by atoms with van der Waals surface area (Å²) in [5.74, 6) is 0.280. The predicted molar refractivity (Wildman–Crippen MR) is 118 cm³/mol. The Balaban J connectivity index is 1.90. The fourth-order valence-electron chi connectivity index (χ4n) is 3.75. The number of hydrogen-bond acceptors (Lipinski definition) is 5. The Labute approximate surface area is 177 Å². The van der Waals surface area contributed by atoms with E-state index in [4.69, 9.17) is 8.84 Å². The lowest BCUT2D eigenvalue weighted by atomic mass is 9.96. The van der Waals surface area contributed by atoms with Crippen LogP contribution in [0.1, 0.15) is 32.6 Å². The van der Waals surface area contributed by atoms with Crippen molar-refractivity contribution in [1.29, 1.82) is 0 Å². The Morgan fingerprint density at radius 1 is 1.14 bits per heavy atom. The van der Waals surface area contributed by atoms with Crippen molar-refractivity contribution in [2.24, 2.45) is 0 Å². The van der Waals surface area contributed by atoms with E-state index in [0.717, 1.165) is 23.8 Å². The van der Waals surface area contributed by atoms with E-state index in [1.54, 1.807) is 18.4 Å². The van der Waals surface area contributed by atoms with E-state index in [9.17, 15) is 9.59 Å². The zero-order chi connectivity index (χ0) is 21.0. The summed E-state index contributed by atoms with van der Waals surface area (Å²) >= 11 is 1.27. The third kappa shape index (κ3) is 4.01. The van der Waals surface area contributed by atoms with Crippen molar-refractivity contribution in [2.45, 2.75) is 51.0 Å². The molecule has 1 aromatic heterocycles. The molecule has 1 aliphatic rings. The number of hydrogen-bond donors (Lipinski definition) is 0. The first-order valence-electron chi connectivity index (χ1n) is 9.99. The molecule has 3 rings (SSSR count). The summed E-state index contributed by atoms with van der Waals surface area (Å²) in [5, 5.41) is 0. The number of carbonyl (C=O) groups is 2. The number of benzene rings is 1. The number of imide groups is 1. The molecule has 8 heteroatoms. The van der Waals surface area contributed by atoms with Crippen molar-refractivity contribution in [1.82, 2.24) is 4.90 Å². The van der Waals surface area contributed by atoms with Crippen LogP contribution in [-0.4, -0.2) is 37.5 Å². The van der Waals surface area contributed by atoms with Gasteiger partial charge >= 0.3 is 6.03 Å².